The van der Waals surface area contributed by atoms with Crippen LogP contribution in [-0.2, 0) is 4.79 Å². The molecule has 3 rings (SSSR count). The van der Waals surface area contributed by atoms with Gasteiger partial charge < -0.3 is 0 Å². The van der Waals surface area contributed by atoms with E-state index in [1.54, 1.807) is 29.7 Å². The first-order chi connectivity index (χ1) is 12.5. The summed E-state index contributed by atoms with van der Waals surface area (Å²) in [5.74, 6) is -0.325. The van der Waals surface area contributed by atoms with E-state index in [9.17, 15) is 14.9 Å². The molecule has 0 bridgehead atoms. The van der Waals surface area contributed by atoms with Crippen LogP contribution >= 0.6 is 22.9 Å². The lowest BCUT2D eigenvalue weighted by Crippen LogP contribution is -2.07. The van der Waals surface area contributed by atoms with Crippen molar-refractivity contribution in [1.29, 1.82) is 0 Å². The molecule has 0 saturated carbocycles. The van der Waals surface area contributed by atoms with Crippen LogP contribution in [0, 0.1) is 10.1 Å². The SMILES string of the molecule is O=C(/C=C/c1ccccc1Cl)Nc1nc(-c2ccc([N+](=O)[O-])cc2)cs1. The van der Waals surface area contributed by atoms with Crippen molar-refractivity contribution in [3.8, 4) is 11.3 Å². The lowest BCUT2D eigenvalue weighted by molar-refractivity contribution is -0.384. The summed E-state index contributed by atoms with van der Waals surface area (Å²) >= 11 is 7.31. The minimum atomic E-state index is -0.457. The second-order valence-electron chi connectivity index (χ2n) is 5.19. The van der Waals surface area contributed by atoms with Crippen LogP contribution in [0.4, 0.5) is 10.8 Å². The summed E-state index contributed by atoms with van der Waals surface area (Å²) in [5.41, 5.74) is 2.13. The first kappa shape index (κ1) is 17.8. The lowest BCUT2D eigenvalue weighted by Gasteiger charge is -1.98. The van der Waals surface area contributed by atoms with Crippen LogP contribution in [-0.4, -0.2) is 15.8 Å². The van der Waals surface area contributed by atoms with Gasteiger partial charge in [0.1, 0.15) is 0 Å². The largest absolute Gasteiger partial charge is 0.298 e. The summed E-state index contributed by atoms with van der Waals surface area (Å²) in [5, 5.41) is 16.1. The molecule has 0 aliphatic rings. The second-order valence-corrected chi connectivity index (χ2v) is 6.45. The van der Waals surface area contributed by atoms with E-state index in [1.807, 2.05) is 18.2 Å². The number of carbonyl (C=O) groups excluding carboxylic acids is 1. The number of nitrogens with zero attached hydrogens (tertiary/aromatic N) is 2. The van der Waals surface area contributed by atoms with Gasteiger partial charge in [0.05, 0.1) is 10.6 Å². The molecule has 3 aromatic rings. The third kappa shape index (κ3) is 4.33. The van der Waals surface area contributed by atoms with E-state index in [2.05, 4.69) is 10.3 Å². The van der Waals surface area contributed by atoms with Crippen LogP contribution in [0.15, 0.2) is 60.0 Å². The molecule has 1 heterocycles. The highest BCUT2D eigenvalue weighted by atomic mass is 35.5. The minimum Gasteiger partial charge on any atom is -0.298 e. The van der Waals surface area contributed by atoms with Gasteiger partial charge in [-0.15, -0.1) is 11.3 Å². The quantitative estimate of drug-likeness (QED) is 0.379. The highest BCUT2D eigenvalue weighted by Gasteiger charge is 2.09. The average molecular weight is 386 g/mol. The number of thiazole rings is 1. The van der Waals surface area contributed by atoms with Gasteiger partial charge in [0.2, 0.25) is 5.91 Å². The fraction of sp³-hybridized carbons (Fsp3) is 0. The van der Waals surface area contributed by atoms with Crippen LogP contribution < -0.4 is 5.32 Å². The van der Waals surface area contributed by atoms with Crippen molar-refractivity contribution < 1.29 is 9.72 Å². The Morgan fingerprint density at radius 1 is 1.19 bits per heavy atom. The predicted molar refractivity (Wildman–Crippen MR) is 103 cm³/mol. The van der Waals surface area contributed by atoms with Gasteiger partial charge in [-0.3, -0.25) is 20.2 Å². The van der Waals surface area contributed by atoms with Crippen molar-refractivity contribution in [2.24, 2.45) is 0 Å². The maximum absolute atomic E-state index is 12.0. The molecule has 0 unspecified atom stereocenters. The lowest BCUT2D eigenvalue weighted by atomic mass is 10.1. The molecule has 2 aromatic carbocycles. The Morgan fingerprint density at radius 2 is 1.92 bits per heavy atom. The number of nitrogens with one attached hydrogen (secondary N) is 1. The number of carbonyl (C=O) groups is 1. The zero-order chi connectivity index (χ0) is 18.5. The van der Waals surface area contributed by atoms with E-state index in [-0.39, 0.29) is 11.6 Å². The smallest absolute Gasteiger partial charge is 0.269 e. The summed E-state index contributed by atoms with van der Waals surface area (Å²) in [6.07, 6.45) is 3.01. The molecule has 0 atom stereocenters. The molecule has 6 nitrogen and oxygen atoms in total. The molecule has 1 amide bonds. The maximum Gasteiger partial charge on any atom is 0.269 e. The topological polar surface area (TPSA) is 85.1 Å². The number of halogens is 1. The van der Waals surface area contributed by atoms with Crippen molar-refractivity contribution in [3.63, 3.8) is 0 Å². The highest BCUT2D eigenvalue weighted by molar-refractivity contribution is 7.14. The standard InChI is InChI=1S/C18H12ClN3O3S/c19-15-4-2-1-3-12(15)7-10-17(23)21-18-20-16(11-26-18)13-5-8-14(9-6-13)22(24)25/h1-11H,(H,20,21,23)/b10-7+. The van der Waals surface area contributed by atoms with Crippen LogP contribution in [0.25, 0.3) is 17.3 Å². The molecular weight excluding hydrogens is 374 g/mol. The van der Waals surface area contributed by atoms with Crippen LogP contribution in [0.1, 0.15) is 5.56 Å². The third-order valence-electron chi connectivity index (χ3n) is 3.43. The zero-order valence-corrected chi connectivity index (χ0v) is 14.8. The fourth-order valence-electron chi connectivity index (χ4n) is 2.14. The van der Waals surface area contributed by atoms with Crippen LogP contribution in [0.2, 0.25) is 5.02 Å². The molecule has 8 heteroatoms. The van der Waals surface area contributed by atoms with Crippen molar-refractivity contribution in [2.45, 2.75) is 0 Å². The molecule has 130 valence electrons. The van der Waals surface area contributed by atoms with E-state index >= 15 is 0 Å². The van der Waals surface area contributed by atoms with E-state index in [0.29, 0.717) is 15.8 Å². The van der Waals surface area contributed by atoms with Gasteiger partial charge >= 0.3 is 0 Å². The van der Waals surface area contributed by atoms with Crippen LogP contribution in [0.5, 0.6) is 0 Å². The minimum absolute atomic E-state index is 0.0159. The number of non-ortho nitro benzene ring substituents is 1. The summed E-state index contributed by atoms with van der Waals surface area (Å²) < 4.78 is 0. The van der Waals surface area contributed by atoms with Gasteiger partial charge in [0.15, 0.2) is 5.13 Å². The molecule has 1 aromatic heterocycles. The molecular formula is C18H12ClN3O3S. The van der Waals surface area contributed by atoms with Crippen molar-refractivity contribution in [2.75, 3.05) is 5.32 Å². The molecule has 0 saturated heterocycles. The van der Waals surface area contributed by atoms with Crippen molar-refractivity contribution in [3.05, 3.63) is 80.7 Å². The number of benzene rings is 2. The van der Waals surface area contributed by atoms with Crippen molar-refractivity contribution in [1.82, 2.24) is 4.98 Å². The Hall–Kier alpha value is -3.03. The number of amides is 1. The Balaban J connectivity index is 1.67. The molecule has 0 radical (unpaired) electrons. The number of anilines is 1. The molecule has 26 heavy (non-hydrogen) atoms. The summed E-state index contributed by atoms with van der Waals surface area (Å²) in [6.45, 7) is 0. The normalized spacial score (nSPS) is 10.8. The Morgan fingerprint density at radius 3 is 2.62 bits per heavy atom. The summed E-state index contributed by atoms with van der Waals surface area (Å²) in [6, 6.07) is 13.3. The number of aromatic nitrogens is 1. The Labute approximate surface area is 157 Å². The highest BCUT2D eigenvalue weighted by Crippen LogP contribution is 2.26. The zero-order valence-electron chi connectivity index (χ0n) is 13.3. The first-order valence-electron chi connectivity index (χ1n) is 7.47. The van der Waals surface area contributed by atoms with E-state index < -0.39 is 4.92 Å². The molecule has 0 aliphatic heterocycles. The molecule has 0 spiro atoms. The molecule has 0 fully saturated rings. The number of rotatable bonds is 5. The van der Waals surface area contributed by atoms with E-state index in [1.165, 1.54) is 29.5 Å². The van der Waals surface area contributed by atoms with Gasteiger partial charge in [-0.2, -0.15) is 0 Å². The fourth-order valence-corrected chi connectivity index (χ4v) is 3.06. The second kappa shape index (κ2) is 7.90. The van der Waals surface area contributed by atoms with Crippen molar-refractivity contribution >= 4 is 45.7 Å². The first-order valence-corrected chi connectivity index (χ1v) is 8.72. The van der Waals surface area contributed by atoms with Gasteiger partial charge in [0, 0.05) is 34.2 Å². The van der Waals surface area contributed by atoms with E-state index in [4.69, 9.17) is 11.6 Å². The maximum atomic E-state index is 12.0. The third-order valence-corrected chi connectivity index (χ3v) is 4.53. The summed E-state index contributed by atoms with van der Waals surface area (Å²) in [7, 11) is 0. The monoisotopic (exact) mass is 385 g/mol. The average Bonchev–Trinajstić information content (AvgIpc) is 3.09. The summed E-state index contributed by atoms with van der Waals surface area (Å²) in [4.78, 5) is 26.6. The Kier molecular flexibility index (Phi) is 5.40. The van der Waals surface area contributed by atoms with Gasteiger partial charge in [-0.05, 0) is 29.8 Å². The predicted octanol–water partition coefficient (Wildman–Crippen LogP) is 5.02. The number of hydrogen-bond donors (Lipinski definition) is 1. The molecule has 0 aliphatic carbocycles. The molecule has 1 N–H and O–H groups in total. The number of hydrogen-bond acceptors (Lipinski definition) is 5. The van der Waals surface area contributed by atoms with Gasteiger partial charge in [-0.1, -0.05) is 29.8 Å². The van der Waals surface area contributed by atoms with E-state index in [0.717, 1.165) is 11.1 Å². The number of nitro benzene ring substituents is 1. The number of nitro groups is 1. The Bertz CT molecular complexity index is 983. The van der Waals surface area contributed by atoms with Crippen LogP contribution in [0.3, 0.4) is 0 Å². The van der Waals surface area contributed by atoms with Gasteiger partial charge in [0.25, 0.3) is 5.69 Å². The van der Waals surface area contributed by atoms with Gasteiger partial charge in [-0.25, -0.2) is 4.98 Å².